The van der Waals surface area contributed by atoms with Crippen molar-refractivity contribution in [3.63, 3.8) is 0 Å². The van der Waals surface area contributed by atoms with E-state index in [1.54, 1.807) is 0 Å². The van der Waals surface area contributed by atoms with E-state index < -0.39 is 0 Å². The number of nitrogens with one attached hydrogen (secondary N) is 1. The lowest BCUT2D eigenvalue weighted by molar-refractivity contribution is -0.144. The molecule has 1 aromatic rings. The first kappa shape index (κ1) is 14.3. The monoisotopic (exact) mass is 362 g/mol. The van der Waals surface area contributed by atoms with E-state index >= 15 is 0 Å². The summed E-state index contributed by atoms with van der Waals surface area (Å²) >= 11 is 3.62. The summed E-state index contributed by atoms with van der Waals surface area (Å²) in [6.07, 6.45) is 3.25. The van der Waals surface area contributed by atoms with E-state index in [0.29, 0.717) is 12.0 Å². The van der Waals surface area contributed by atoms with Crippen LogP contribution in [0.2, 0.25) is 0 Å². The first-order valence-corrected chi connectivity index (χ1v) is 8.45. The molecule has 1 unspecified atom stereocenters. The van der Waals surface area contributed by atoms with Crippen molar-refractivity contribution < 1.29 is 9.53 Å². The van der Waals surface area contributed by atoms with Gasteiger partial charge in [0.15, 0.2) is 0 Å². The molecular weight excluding hydrogens is 344 g/mol. The quantitative estimate of drug-likeness (QED) is 0.780. The van der Waals surface area contributed by atoms with Gasteiger partial charge in [-0.1, -0.05) is 22.0 Å². The van der Waals surface area contributed by atoms with Crippen molar-refractivity contribution in [1.82, 2.24) is 4.90 Å². The molecule has 0 amide bonds. The number of nitrogens with zero attached hydrogens (tertiary/aromatic N) is 1. The summed E-state index contributed by atoms with van der Waals surface area (Å²) in [6, 6.07) is 4.74. The third kappa shape index (κ3) is 2.02. The lowest BCUT2D eigenvalue weighted by Gasteiger charge is -2.41. The summed E-state index contributed by atoms with van der Waals surface area (Å²) in [6.45, 7) is 1.74. The smallest absolute Gasteiger partial charge is 0.313 e. The Morgan fingerprint density at radius 2 is 2.27 bits per heavy atom. The van der Waals surface area contributed by atoms with Crippen LogP contribution in [0.15, 0.2) is 22.7 Å². The maximum atomic E-state index is 12.0. The summed E-state index contributed by atoms with van der Waals surface area (Å²) in [5, 5.41) is 3.53. The van der Waals surface area contributed by atoms with Crippen LogP contribution in [-0.4, -0.2) is 44.2 Å². The van der Waals surface area contributed by atoms with E-state index in [4.69, 9.17) is 4.74 Å². The Morgan fingerprint density at radius 3 is 3.05 bits per heavy atom. The van der Waals surface area contributed by atoms with Gasteiger partial charge in [-0.15, -0.1) is 0 Å². The number of methoxy groups -OCH3 is 1. The number of ether oxygens (including phenoxy) is 1. The molecule has 3 atom stereocenters. The Morgan fingerprint density at radius 1 is 1.45 bits per heavy atom. The molecule has 4 rings (SSSR count). The first-order chi connectivity index (χ1) is 10.6. The molecule has 0 spiro atoms. The minimum absolute atomic E-state index is 0.148. The zero-order chi connectivity index (χ0) is 15.4. The fraction of sp³-hybridized carbons (Fsp3) is 0.471. The van der Waals surface area contributed by atoms with Crippen molar-refractivity contribution in [1.29, 1.82) is 0 Å². The van der Waals surface area contributed by atoms with E-state index in [0.717, 1.165) is 24.0 Å². The minimum Gasteiger partial charge on any atom is -0.469 e. The van der Waals surface area contributed by atoms with Crippen LogP contribution in [-0.2, 0) is 9.53 Å². The van der Waals surface area contributed by atoms with Crippen molar-refractivity contribution in [2.45, 2.75) is 18.4 Å². The van der Waals surface area contributed by atoms with E-state index in [1.165, 1.54) is 29.5 Å². The van der Waals surface area contributed by atoms with Gasteiger partial charge < -0.3 is 10.1 Å². The zero-order valence-electron chi connectivity index (χ0n) is 12.7. The van der Waals surface area contributed by atoms with Crippen molar-refractivity contribution >= 4 is 33.2 Å². The second-order valence-corrected chi connectivity index (χ2v) is 7.35. The Labute approximate surface area is 138 Å². The number of carbonyl (C=O) groups is 1. The van der Waals surface area contributed by atoms with Crippen LogP contribution < -0.4 is 5.32 Å². The summed E-state index contributed by atoms with van der Waals surface area (Å²) in [7, 11) is 3.57. The van der Waals surface area contributed by atoms with Crippen LogP contribution in [0.1, 0.15) is 23.5 Å². The molecule has 0 radical (unpaired) electrons. The van der Waals surface area contributed by atoms with Gasteiger partial charge in [0.2, 0.25) is 0 Å². The first-order valence-electron chi connectivity index (χ1n) is 7.66. The maximum absolute atomic E-state index is 12.0. The molecule has 2 aliphatic heterocycles. The Hall–Kier alpha value is -1.33. The van der Waals surface area contributed by atoms with Crippen LogP contribution in [0.25, 0.3) is 5.57 Å². The van der Waals surface area contributed by atoms with Gasteiger partial charge in [-0.25, -0.2) is 0 Å². The summed E-state index contributed by atoms with van der Waals surface area (Å²) in [4.78, 5) is 14.3. The van der Waals surface area contributed by atoms with E-state index in [-0.39, 0.29) is 11.9 Å². The van der Waals surface area contributed by atoms with E-state index in [2.05, 4.69) is 51.4 Å². The van der Waals surface area contributed by atoms with E-state index in [9.17, 15) is 4.79 Å². The van der Waals surface area contributed by atoms with Crippen molar-refractivity contribution in [3.8, 4) is 0 Å². The van der Waals surface area contributed by atoms with Crippen molar-refractivity contribution in [2.75, 3.05) is 32.6 Å². The second kappa shape index (κ2) is 5.10. The molecule has 3 aliphatic rings. The van der Waals surface area contributed by atoms with Gasteiger partial charge in [0.05, 0.1) is 13.0 Å². The van der Waals surface area contributed by atoms with Crippen LogP contribution in [0, 0.1) is 5.92 Å². The molecule has 22 heavy (non-hydrogen) atoms. The number of esters is 1. The van der Waals surface area contributed by atoms with Crippen molar-refractivity contribution in [2.24, 2.45) is 5.92 Å². The van der Waals surface area contributed by atoms with Gasteiger partial charge in [0, 0.05) is 35.2 Å². The van der Waals surface area contributed by atoms with Crippen molar-refractivity contribution in [3.05, 3.63) is 33.8 Å². The normalized spacial score (nSPS) is 29.2. The fourth-order valence-corrected chi connectivity index (χ4v) is 4.63. The van der Waals surface area contributed by atoms with Crippen LogP contribution in [0.4, 0.5) is 5.69 Å². The predicted molar refractivity (Wildman–Crippen MR) is 89.9 cm³/mol. The molecule has 4 nitrogen and oxygen atoms in total. The molecule has 1 aliphatic carbocycles. The van der Waals surface area contributed by atoms with Gasteiger partial charge in [-0.05, 0) is 42.3 Å². The highest BCUT2D eigenvalue weighted by molar-refractivity contribution is 9.10. The summed E-state index contributed by atoms with van der Waals surface area (Å²) in [5.74, 6) is 0.240. The average molecular weight is 363 g/mol. The summed E-state index contributed by atoms with van der Waals surface area (Å²) in [5.41, 5.74) is 5.22. The number of hydrogen-bond acceptors (Lipinski definition) is 4. The number of hydrogen-bond donors (Lipinski definition) is 1. The molecular formula is C17H19BrN2O2. The zero-order valence-corrected chi connectivity index (χ0v) is 14.3. The maximum Gasteiger partial charge on any atom is 0.313 e. The van der Waals surface area contributed by atoms with Crippen LogP contribution in [0.5, 0.6) is 0 Å². The molecule has 1 aromatic carbocycles. The number of halogens is 1. The van der Waals surface area contributed by atoms with Gasteiger partial charge in [-0.2, -0.15) is 0 Å². The Kier molecular flexibility index (Phi) is 3.31. The largest absolute Gasteiger partial charge is 0.469 e. The van der Waals surface area contributed by atoms with Gasteiger partial charge in [0.1, 0.15) is 0 Å². The SMILES string of the molecule is COC(=O)[C@@H]1C=C2c3cc(Br)cc4c3C(CN4)C[C@H]2N(C)C1. The number of fused-ring (bicyclic) bond motifs is 2. The lowest BCUT2D eigenvalue weighted by Crippen LogP contribution is -2.44. The molecule has 0 saturated carbocycles. The van der Waals surface area contributed by atoms with Gasteiger partial charge in [-0.3, -0.25) is 9.69 Å². The lowest BCUT2D eigenvalue weighted by atomic mass is 9.74. The van der Waals surface area contributed by atoms with Gasteiger partial charge >= 0.3 is 5.97 Å². The Balaban J connectivity index is 1.87. The number of anilines is 1. The third-order valence-corrected chi connectivity index (χ3v) is 5.63. The molecule has 0 fully saturated rings. The molecule has 2 heterocycles. The van der Waals surface area contributed by atoms with Crippen LogP contribution >= 0.6 is 15.9 Å². The number of carbonyl (C=O) groups excluding carboxylic acids is 1. The minimum atomic E-state index is -0.179. The molecule has 0 bridgehead atoms. The number of rotatable bonds is 1. The van der Waals surface area contributed by atoms with E-state index in [1.807, 2.05) is 0 Å². The summed E-state index contributed by atoms with van der Waals surface area (Å²) < 4.78 is 6.04. The molecule has 0 aromatic heterocycles. The average Bonchev–Trinajstić information content (AvgIpc) is 2.90. The third-order valence-electron chi connectivity index (χ3n) is 5.17. The standard InChI is InChI=1S/C17H19BrN2O2/c1-20-8-10(17(21)22-2)3-12-13-5-11(18)6-14-16(13)9(7-19-14)4-15(12)20/h3,5-6,9-10,15,19H,4,7-8H2,1-2H3/t9?,10-,15-/m1/s1. The topological polar surface area (TPSA) is 41.6 Å². The highest BCUT2D eigenvalue weighted by Gasteiger charge is 2.41. The van der Waals surface area contributed by atoms with Gasteiger partial charge in [0.25, 0.3) is 0 Å². The predicted octanol–water partition coefficient (Wildman–Crippen LogP) is 2.85. The second-order valence-electron chi connectivity index (χ2n) is 6.44. The molecule has 1 N–H and O–H groups in total. The fourth-order valence-electron chi connectivity index (χ4n) is 4.17. The number of benzene rings is 1. The molecule has 116 valence electrons. The van der Waals surface area contributed by atoms with Crippen LogP contribution in [0.3, 0.4) is 0 Å². The highest BCUT2D eigenvalue weighted by atomic mass is 79.9. The number of likely N-dealkylation sites (N-methyl/N-ethyl adjacent to an activating group) is 1. The highest BCUT2D eigenvalue weighted by Crippen LogP contribution is 2.49. The molecule has 0 saturated heterocycles. The Bertz CT molecular complexity index is 685. The molecule has 5 heteroatoms.